The molecule has 6 nitrogen and oxygen atoms in total. The van der Waals surface area contributed by atoms with Crippen molar-refractivity contribution < 1.29 is 19.4 Å². The Bertz CT molecular complexity index is 485. The molecule has 0 bridgehead atoms. The van der Waals surface area contributed by atoms with Gasteiger partial charge < -0.3 is 20.5 Å². The number of hydrogen-bond donors (Lipinski definition) is 3. The van der Waals surface area contributed by atoms with E-state index in [-0.39, 0.29) is 12.5 Å². The van der Waals surface area contributed by atoms with Crippen molar-refractivity contribution in [2.24, 2.45) is 0 Å². The number of nitrogens with one attached hydrogen (secondary N) is 2. The largest absolute Gasteiger partial charge is 0.481 e. The van der Waals surface area contributed by atoms with Gasteiger partial charge in [0.15, 0.2) is 6.23 Å². The summed E-state index contributed by atoms with van der Waals surface area (Å²) < 4.78 is 5.60. The molecular formula is C16H24N2O4. The van der Waals surface area contributed by atoms with E-state index >= 15 is 0 Å². The molecule has 1 unspecified atom stereocenters. The second-order valence-electron chi connectivity index (χ2n) is 5.38. The van der Waals surface area contributed by atoms with Crippen molar-refractivity contribution in [2.45, 2.75) is 45.8 Å². The minimum Gasteiger partial charge on any atom is -0.481 e. The van der Waals surface area contributed by atoms with Crippen molar-refractivity contribution in [1.82, 2.24) is 10.6 Å². The van der Waals surface area contributed by atoms with E-state index in [1.807, 2.05) is 24.3 Å². The van der Waals surface area contributed by atoms with Crippen LogP contribution in [0.5, 0.6) is 5.75 Å². The molecule has 1 aromatic rings. The molecule has 0 fully saturated rings. The van der Waals surface area contributed by atoms with Gasteiger partial charge in [0.05, 0.1) is 0 Å². The summed E-state index contributed by atoms with van der Waals surface area (Å²) in [5, 5.41) is 13.7. The summed E-state index contributed by atoms with van der Waals surface area (Å²) in [7, 11) is 0. The van der Waals surface area contributed by atoms with Gasteiger partial charge in [-0.1, -0.05) is 26.0 Å². The second kappa shape index (κ2) is 8.92. The molecule has 0 spiro atoms. The minimum absolute atomic E-state index is 0.0362. The zero-order valence-corrected chi connectivity index (χ0v) is 13.3. The molecule has 1 aromatic carbocycles. The van der Waals surface area contributed by atoms with Crippen molar-refractivity contribution in [3.8, 4) is 5.75 Å². The first kappa shape index (κ1) is 17.8. The van der Waals surface area contributed by atoms with Crippen molar-refractivity contribution in [3.63, 3.8) is 0 Å². The molecule has 2 amide bonds. The zero-order chi connectivity index (χ0) is 16.5. The number of benzene rings is 1. The summed E-state index contributed by atoms with van der Waals surface area (Å²) in [5.74, 6) is 0.271. The fraction of sp³-hybridized carbons (Fsp3) is 0.500. The first-order chi connectivity index (χ1) is 10.4. The highest BCUT2D eigenvalue weighted by molar-refractivity contribution is 5.74. The number of carboxylic acid groups (broad SMARTS) is 1. The van der Waals surface area contributed by atoms with Crippen LogP contribution in [0.4, 0.5) is 4.79 Å². The molecule has 122 valence electrons. The highest BCUT2D eigenvalue weighted by Crippen LogP contribution is 2.19. The highest BCUT2D eigenvalue weighted by Gasteiger charge is 2.08. The number of urea groups is 1. The number of ether oxygens (including phenoxy) is 1. The van der Waals surface area contributed by atoms with Gasteiger partial charge in [0.2, 0.25) is 0 Å². The Kier molecular flexibility index (Phi) is 7.22. The number of hydrogen-bond acceptors (Lipinski definition) is 3. The molecule has 0 aliphatic rings. The number of amides is 2. The zero-order valence-electron chi connectivity index (χ0n) is 13.3. The summed E-state index contributed by atoms with van der Waals surface area (Å²) >= 11 is 0. The molecular weight excluding hydrogens is 284 g/mol. The number of aliphatic carboxylic acids is 1. The Balaban J connectivity index is 2.31. The van der Waals surface area contributed by atoms with E-state index in [4.69, 9.17) is 9.84 Å². The number of carbonyl (C=O) groups excluding carboxylic acids is 1. The van der Waals surface area contributed by atoms with Crippen LogP contribution in [0.25, 0.3) is 0 Å². The quantitative estimate of drug-likeness (QED) is 0.509. The Labute approximate surface area is 130 Å². The fourth-order valence-corrected chi connectivity index (χ4v) is 1.84. The van der Waals surface area contributed by atoms with Gasteiger partial charge >= 0.3 is 12.0 Å². The maximum absolute atomic E-state index is 11.6. The lowest BCUT2D eigenvalue weighted by molar-refractivity contribution is -0.137. The molecule has 0 saturated heterocycles. The number of carbonyl (C=O) groups is 2. The van der Waals surface area contributed by atoms with Crippen LogP contribution in [0.3, 0.4) is 0 Å². The van der Waals surface area contributed by atoms with E-state index in [0.717, 1.165) is 0 Å². The van der Waals surface area contributed by atoms with E-state index in [0.29, 0.717) is 24.6 Å². The molecule has 0 radical (unpaired) electrons. The average molecular weight is 308 g/mol. The predicted molar refractivity (Wildman–Crippen MR) is 84.0 cm³/mol. The van der Waals surface area contributed by atoms with Gasteiger partial charge in [0, 0.05) is 13.0 Å². The van der Waals surface area contributed by atoms with Crippen molar-refractivity contribution in [1.29, 1.82) is 0 Å². The van der Waals surface area contributed by atoms with Crippen molar-refractivity contribution >= 4 is 12.0 Å². The van der Waals surface area contributed by atoms with Gasteiger partial charge in [-0.05, 0) is 37.0 Å². The second-order valence-corrected chi connectivity index (χ2v) is 5.38. The van der Waals surface area contributed by atoms with E-state index in [1.54, 1.807) is 6.92 Å². The van der Waals surface area contributed by atoms with Crippen molar-refractivity contribution in [3.05, 3.63) is 29.8 Å². The molecule has 0 aliphatic carbocycles. The molecule has 3 N–H and O–H groups in total. The third-order valence-electron chi connectivity index (χ3n) is 3.05. The molecule has 0 heterocycles. The highest BCUT2D eigenvalue weighted by atomic mass is 16.5. The van der Waals surface area contributed by atoms with Crippen LogP contribution >= 0.6 is 0 Å². The monoisotopic (exact) mass is 308 g/mol. The smallest absolute Gasteiger partial charge is 0.317 e. The van der Waals surface area contributed by atoms with Crippen LogP contribution < -0.4 is 15.4 Å². The molecule has 1 atom stereocenters. The van der Waals surface area contributed by atoms with E-state index < -0.39 is 12.2 Å². The van der Waals surface area contributed by atoms with Gasteiger partial charge in [-0.15, -0.1) is 0 Å². The third kappa shape index (κ3) is 6.97. The maximum atomic E-state index is 11.6. The Morgan fingerprint density at radius 1 is 1.18 bits per heavy atom. The summed E-state index contributed by atoms with van der Waals surface area (Å²) in [6.07, 6.45) is -0.0483. The first-order valence-electron chi connectivity index (χ1n) is 7.41. The summed E-state index contributed by atoms with van der Waals surface area (Å²) in [6, 6.07) is 7.37. The van der Waals surface area contributed by atoms with Crippen LogP contribution in [-0.2, 0) is 4.79 Å². The SMILES string of the molecule is CC(NC(=O)NCCCC(=O)O)Oc1ccc(C(C)C)cc1. The van der Waals surface area contributed by atoms with Crippen LogP contribution in [0.1, 0.15) is 45.1 Å². The number of rotatable bonds is 8. The van der Waals surface area contributed by atoms with E-state index in [2.05, 4.69) is 24.5 Å². The standard InChI is InChI=1S/C16H24N2O4/c1-11(2)13-6-8-14(9-7-13)22-12(3)18-16(21)17-10-4-5-15(19)20/h6-9,11-12H,4-5,10H2,1-3H3,(H,19,20)(H2,17,18,21). The Morgan fingerprint density at radius 2 is 1.82 bits per heavy atom. The van der Waals surface area contributed by atoms with Gasteiger partial charge in [-0.25, -0.2) is 4.79 Å². The lowest BCUT2D eigenvalue weighted by atomic mass is 10.0. The maximum Gasteiger partial charge on any atom is 0.317 e. The molecule has 1 rings (SSSR count). The van der Waals surface area contributed by atoms with Gasteiger partial charge in [0.25, 0.3) is 0 Å². The van der Waals surface area contributed by atoms with Gasteiger partial charge in [-0.3, -0.25) is 4.79 Å². The fourth-order valence-electron chi connectivity index (χ4n) is 1.84. The van der Waals surface area contributed by atoms with Crippen LogP contribution in [-0.4, -0.2) is 29.9 Å². The van der Waals surface area contributed by atoms with Gasteiger partial charge in [0.1, 0.15) is 5.75 Å². The van der Waals surface area contributed by atoms with E-state index in [1.165, 1.54) is 5.56 Å². The molecule has 0 aromatic heterocycles. The Hall–Kier alpha value is -2.24. The topological polar surface area (TPSA) is 87.7 Å². The molecule has 0 saturated carbocycles. The van der Waals surface area contributed by atoms with Gasteiger partial charge in [-0.2, -0.15) is 0 Å². The molecule has 6 heteroatoms. The number of carboxylic acids is 1. The van der Waals surface area contributed by atoms with Crippen LogP contribution in [0.2, 0.25) is 0 Å². The molecule has 22 heavy (non-hydrogen) atoms. The molecule has 0 aliphatic heterocycles. The lowest BCUT2D eigenvalue weighted by Crippen LogP contribution is -2.43. The van der Waals surface area contributed by atoms with E-state index in [9.17, 15) is 9.59 Å². The summed E-state index contributed by atoms with van der Waals surface area (Å²) in [5.41, 5.74) is 1.23. The Morgan fingerprint density at radius 3 is 2.36 bits per heavy atom. The van der Waals surface area contributed by atoms with Crippen molar-refractivity contribution in [2.75, 3.05) is 6.54 Å². The third-order valence-corrected chi connectivity index (χ3v) is 3.05. The predicted octanol–water partition coefficient (Wildman–Crippen LogP) is 2.70. The normalized spacial score (nSPS) is 11.8. The lowest BCUT2D eigenvalue weighted by Gasteiger charge is -2.17. The van der Waals surface area contributed by atoms with Crippen LogP contribution in [0, 0.1) is 0 Å². The summed E-state index contributed by atoms with van der Waals surface area (Å²) in [4.78, 5) is 21.9. The van der Waals surface area contributed by atoms with Crippen LogP contribution in [0.15, 0.2) is 24.3 Å². The average Bonchev–Trinajstić information content (AvgIpc) is 2.43. The first-order valence-corrected chi connectivity index (χ1v) is 7.41. The summed E-state index contributed by atoms with van der Waals surface area (Å²) in [6.45, 7) is 6.28. The minimum atomic E-state index is -0.872.